The summed E-state index contributed by atoms with van der Waals surface area (Å²) in [6.07, 6.45) is 0. The van der Waals surface area contributed by atoms with Gasteiger partial charge >= 0.3 is 0 Å². The van der Waals surface area contributed by atoms with E-state index in [0.29, 0.717) is 0 Å². The minimum Gasteiger partial charge on any atom is -0.0622 e. The van der Waals surface area contributed by atoms with Gasteiger partial charge in [-0.1, -0.05) is 60.7 Å². The van der Waals surface area contributed by atoms with Crippen molar-refractivity contribution in [2.24, 2.45) is 0 Å². The van der Waals surface area contributed by atoms with Crippen LogP contribution in [-0.4, -0.2) is 0 Å². The third-order valence-corrected chi connectivity index (χ3v) is 1.88. The van der Waals surface area contributed by atoms with Gasteiger partial charge in [-0.25, -0.2) is 0 Å². The van der Waals surface area contributed by atoms with Crippen LogP contribution in [0.1, 0.15) is 0 Å². The van der Waals surface area contributed by atoms with Crippen LogP contribution in [0, 0.1) is 0 Å². The first-order valence-electron chi connectivity index (χ1n) is 4.07. The van der Waals surface area contributed by atoms with Gasteiger partial charge in [0.25, 0.3) is 0 Å². The molecule has 68 valence electrons. The number of benzene rings is 2. The molecular weight excluding hydrogens is 339 g/mol. The van der Waals surface area contributed by atoms with E-state index >= 15 is 0 Å². The summed E-state index contributed by atoms with van der Waals surface area (Å²) in [4.78, 5) is 0. The van der Waals surface area contributed by atoms with E-state index in [2.05, 4.69) is 48.5 Å². The van der Waals surface area contributed by atoms with E-state index in [1.807, 2.05) is 12.1 Å². The third kappa shape index (κ3) is 2.53. The Labute approximate surface area is 92.9 Å². The molecule has 0 fully saturated rings. The van der Waals surface area contributed by atoms with Gasteiger partial charge in [0.05, 0.1) is 0 Å². The fourth-order valence-corrected chi connectivity index (χ4v) is 1.26. The molecule has 0 amide bonds. The summed E-state index contributed by atoms with van der Waals surface area (Å²) < 4.78 is 0. The van der Waals surface area contributed by atoms with Crippen LogP contribution in [0.2, 0.25) is 0 Å². The molecule has 0 bridgehead atoms. The summed E-state index contributed by atoms with van der Waals surface area (Å²) in [6.45, 7) is 0. The van der Waals surface area contributed by atoms with E-state index in [1.165, 1.54) is 11.1 Å². The average molecular weight is 349 g/mol. The Morgan fingerprint density at radius 1 is 0.462 bits per heavy atom. The first-order valence-corrected chi connectivity index (χ1v) is 4.07. The molecule has 2 rings (SSSR count). The largest absolute Gasteiger partial charge is 0.0622 e. The molecule has 0 aromatic heterocycles. The van der Waals surface area contributed by atoms with E-state index < -0.39 is 0 Å². The monoisotopic (exact) mass is 349 g/mol. The quantitative estimate of drug-likeness (QED) is 0.741. The molecule has 13 heavy (non-hydrogen) atoms. The second kappa shape index (κ2) is 4.99. The van der Waals surface area contributed by atoms with Gasteiger partial charge in [0.15, 0.2) is 0 Å². The number of rotatable bonds is 1. The maximum atomic E-state index is 2.12. The zero-order valence-corrected chi connectivity index (χ0v) is 9.36. The average Bonchev–Trinajstić information content (AvgIpc) is 2.21. The molecule has 0 spiro atoms. The molecule has 0 atom stereocenters. The maximum Gasteiger partial charge on any atom is 0 e. The summed E-state index contributed by atoms with van der Waals surface area (Å²) in [5.74, 6) is 0. The van der Waals surface area contributed by atoms with Crippen molar-refractivity contribution >= 4 is 0 Å². The van der Waals surface area contributed by atoms with Crippen molar-refractivity contribution in [1.29, 1.82) is 0 Å². The predicted molar refractivity (Wildman–Crippen MR) is 51.9 cm³/mol. The Balaban J connectivity index is 0.000000845. The van der Waals surface area contributed by atoms with Crippen LogP contribution in [0.4, 0.5) is 0 Å². The molecule has 0 N–H and O–H groups in total. The van der Waals surface area contributed by atoms with E-state index in [0.717, 1.165) is 0 Å². The van der Waals surface area contributed by atoms with Crippen molar-refractivity contribution in [1.82, 2.24) is 0 Å². The molecule has 0 saturated heterocycles. The maximum absolute atomic E-state index is 2.12. The predicted octanol–water partition coefficient (Wildman–Crippen LogP) is 3.35. The second-order valence-corrected chi connectivity index (χ2v) is 2.73. The van der Waals surface area contributed by atoms with Gasteiger partial charge in [-0.15, -0.1) is 0 Å². The van der Waals surface area contributed by atoms with E-state index in [4.69, 9.17) is 0 Å². The van der Waals surface area contributed by atoms with E-state index in [-0.39, 0.29) is 21.1 Å². The first-order chi connectivity index (χ1) is 5.97. The van der Waals surface area contributed by atoms with Crippen LogP contribution in [-0.2, 0) is 21.1 Å². The minimum absolute atomic E-state index is 0. The molecule has 0 aliphatic rings. The van der Waals surface area contributed by atoms with Gasteiger partial charge in [0, 0.05) is 21.1 Å². The summed E-state index contributed by atoms with van der Waals surface area (Å²) in [5, 5.41) is 0. The molecule has 0 saturated carbocycles. The summed E-state index contributed by atoms with van der Waals surface area (Å²) >= 11 is 0. The molecule has 2 aromatic rings. The molecule has 0 radical (unpaired) electrons. The first kappa shape index (κ1) is 10.2. The summed E-state index contributed by atoms with van der Waals surface area (Å²) in [7, 11) is 0. The Hall–Kier alpha value is -0.872. The van der Waals surface area contributed by atoms with E-state index in [1.54, 1.807) is 0 Å². The fourth-order valence-electron chi connectivity index (χ4n) is 1.26. The van der Waals surface area contributed by atoms with Crippen LogP contribution in [0.5, 0.6) is 0 Å². The normalized spacial score (nSPS) is 8.92. The van der Waals surface area contributed by atoms with Crippen molar-refractivity contribution < 1.29 is 21.1 Å². The molecule has 2 aromatic carbocycles. The summed E-state index contributed by atoms with van der Waals surface area (Å²) in [5.41, 5.74) is 2.55. The molecule has 1 heteroatoms. The van der Waals surface area contributed by atoms with Gasteiger partial charge in [0.1, 0.15) is 0 Å². The summed E-state index contributed by atoms with van der Waals surface area (Å²) in [6, 6.07) is 20.8. The Kier molecular flexibility index (Phi) is 3.92. The van der Waals surface area contributed by atoms with Crippen LogP contribution in [0.3, 0.4) is 0 Å². The Bertz CT molecular complexity index is 303. The van der Waals surface area contributed by atoms with Gasteiger partial charge in [0.2, 0.25) is 0 Å². The molecule has 0 aliphatic carbocycles. The molecule has 0 heterocycles. The van der Waals surface area contributed by atoms with Crippen LogP contribution < -0.4 is 0 Å². The van der Waals surface area contributed by atoms with Crippen molar-refractivity contribution in [2.45, 2.75) is 0 Å². The SMILES string of the molecule is [Pt].c1ccc(-c2ccccc2)cc1. The number of hydrogen-bond donors (Lipinski definition) is 0. The minimum atomic E-state index is 0. The molecular formula is C12H10Pt. The topological polar surface area (TPSA) is 0 Å². The van der Waals surface area contributed by atoms with Crippen LogP contribution in [0.15, 0.2) is 60.7 Å². The van der Waals surface area contributed by atoms with Gasteiger partial charge in [-0.2, -0.15) is 0 Å². The van der Waals surface area contributed by atoms with Crippen molar-refractivity contribution in [3.63, 3.8) is 0 Å². The standard InChI is InChI=1S/C12H10.Pt/c1-3-7-11(8-4-1)12-9-5-2-6-10-12;/h1-10H;. The molecule has 0 unspecified atom stereocenters. The zero-order chi connectivity index (χ0) is 8.23. The van der Waals surface area contributed by atoms with Crippen molar-refractivity contribution in [3.8, 4) is 11.1 Å². The van der Waals surface area contributed by atoms with Gasteiger partial charge < -0.3 is 0 Å². The second-order valence-electron chi connectivity index (χ2n) is 2.73. The van der Waals surface area contributed by atoms with Gasteiger partial charge in [-0.05, 0) is 11.1 Å². The Morgan fingerprint density at radius 2 is 0.769 bits per heavy atom. The van der Waals surface area contributed by atoms with Crippen molar-refractivity contribution in [2.75, 3.05) is 0 Å². The smallest absolute Gasteiger partial charge is 0 e. The fraction of sp³-hybridized carbons (Fsp3) is 0. The van der Waals surface area contributed by atoms with Crippen LogP contribution >= 0.6 is 0 Å². The Morgan fingerprint density at radius 3 is 1.08 bits per heavy atom. The molecule has 0 nitrogen and oxygen atoms in total. The third-order valence-electron chi connectivity index (χ3n) is 1.88. The van der Waals surface area contributed by atoms with Crippen LogP contribution in [0.25, 0.3) is 11.1 Å². The number of hydrogen-bond acceptors (Lipinski definition) is 0. The van der Waals surface area contributed by atoms with Gasteiger partial charge in [-0.3, -0.25) is 0 Å². The van der Waals surface area contributed by atoms with E-state index in [9.17, 15) is 0 Å². The van der Waals surface area contributed by atoms with Crippen molar-refractivity contribution in [3.05, 3.63) is 60.7 Å². The molecule has 0 aliphatic heterocycles. The zero-order valence-electron chi connectivity index (χ0n) is 7.09.